The molecule has 1 aromatic rings. The molecule has 0 saturated carbocycles. The van der Waals surface area contributed by atoms with Crippen molar-refractivity contribution in [3.05, 3.63) is 35.6 Å². The maximum atomic E-state index is 13.2. The van der Waals surface area contributed by atoms with Gasteiger partial charge in [-0.1, -0.05) is 37.7 Å². The van der Waals surface area contributed by atoms with E-state index < -0.39 is 9.84 Å². The van der Waals surface area contributed by atoms with Crippen molar-refractivity contribution in [2.24, 2.45) is 10.9 Å². The van der Waals surface area contributed by atoms with E-state index in [2.05, 4.69) is 4.99 Å². The summed E-state index contributed by atoms with van der Waals surface area (Å²) in [5.74, 6) is -0.391. The Morgan fingerprint density at radius 1 is 1.27 bits per heavy atom. The fourth-order valence-corrected chi connectivity index (χ4v) is 7.39. The van der Waals surface area contributed by atoms with Crippen LogP contribution in [0.1, 0.15) is 32.3 Å². The zero-order valence-corrected chi connectivity index (χ0v) is 16.5. The SMILES string of the molecule is CCC(CC)C(=O)N=C1S[C@H]2CS(=O)(=O)C[C@@H]2N1Cc1ccc(F)cc1. The molecule has 0 spiro atoms. The van der Waals surface area contributed by atoms with E-state index >= 15 is 0 Å². The van der Waals surface area contributed by atoms with Crippen LogP contribution in [0.5, 0.6) is 0 Å². The minimum Gasteiger partial charge on any atom is -0.342 e. The third-order valence-electron chi connectivity index (χ3n) is 4.98. The monoisotopic (exact) mass is 398 g/mol. The number of hydrogen-bond donors (Lipinski definition) is 0. The number of rotatable bonds is 5. The maximum absolute atomic E-state index is 13.2. The summed E-state index contributed by atoms with van der Waals surface area (Å²) in [5.41, 5.74) is 0.861. The normalized spacial score (nSPS) is 25.8. The molecular weight excluding hydrogens is 375 g/mol. The molecule has 2 aliphatic rings. The van der Waals surface area contributed by atoms with Gasteiger partial charge >= 0.3 is 0 Å². The van der Waals surface area contributed by atoms with Crippen molar-refractivity contribution < 1.29 is 17.6 Å². The number of fused-ring (bicyclic) bond motifs is 1. The molecule has 8 heteroatoms. The van der Waals surface area contributed by atoms with Crippen molar-refractivity contribution in [2.75, 3.05) is 11.5 Å². The highest BCUT2D eigenvalue weighted by Crippen LogP contribution is 2.39. The van der Waals surface area contributed by atoms with E-state index in [1.165, 1.54) is 23.9 Å². The van der Waals surface area contributed by atoms with Crippen molar-refractivity contribution in [2.45, 2.75) is 44.5 Å². The second-order valence-corrected chi connectivity index (χ2v) is 10.2. The van der Waals surface area contributed by atoms with Crippen LogP contribution >= 0.6 is 11.8 Å². The van der Waals surface area contributed by atoms with Crippen molar-refractivity contribution in [1.82, 2.24) is 4.90 Å². The lowest BCUT2D eigenvalue weighted by Gasteiger charge is -2.24. The van der Waals surface area contributed by atoms with Gasteiger partial charge in [0, 0.05) is 17.7 Å². The quantitative estimate of drug-likeness (QED) is 0.763. The predicted octanol–water partition coefficient (Wildman–Crippen LogP) is 2.86. The highest BCUT2D eigenvalue weighted by Gasteiger charge is 2.48. The van der Waals surface area contributed by atoms with Gasteiger partial charge in [-0.05, 0) is 30.5 Å². The van der Waals surface area contributed by atoms with E-state index in [-0.39, 0.29) is 40.4 Å². The highest BCUT2D eigenvalue weighted by molar-refractivity contribution is 8.15. The number of amides is 1. The molecule has 1 amide bonds. The second-order valence-electron chi connectivity index (χ2n) is 6.80. The molecule has 0 unspecified atom stereocenters. The molecule has 2 atom stereocenters. The number of nitrogens with zero attached hydrogens (tertiary/aromatic N) is 2. The van der Waals surface area contributed by atoms with Crippen LogP contribution in [0.2, 0.25) is 0 Å². The van der Waals surface area contributed by atoms with Crippen LogP contribution in [-0.2, 0) is 21.2 Å². The zero-order valence-electron chi connectivity index (χ0n) is 14.9. The molecule has 0 aliphatic carbocycles. The smallest absolute Gasteiger partial charge is 0.251 e. The first-order chi connectivity index (χ1) is 12.3. The summed E-state index contributed by atoms with van der Waals surface area (Å²) < 4.78 is 37.2. The van der Waals surface area contributed by atoms with Gasteiger partial charge in [-0.3, -0.25) is 4.79 Å². The number of carbonyl (C=O) groups is 1. The standard InChI is InChI=1S/C18H23FN2O3S2/c1-3-13(4-2)17(22)20-18-21(9-12-5-7-14(19)8-6-12)15-10-26(23,24)11-16(15)25-18/h5-8,13,15-16H,3-4,9-11H2,1-2H3/t15-,16-/m0/s1. The van der Waals surface area contributed by atoms with Gasteiger partial charge in [0.2, 0.25) is 0 Å². The van der Waals surface area contributed by atoms with Gasteiger partial charge in [-0.25, -0.2) is 12.8 Å². The van der Waals surface area contributed by atoms with Crippen LogP contribution < -0.4 is 0 Å². The Balaban J connectivity index is 1.88. The number of amidine groups is 1. The van der Waals surface area contributed by atoms with Gasteiger partial charge < -0.3 is 4.90 Å². The van der Waals surface area contributed by atoms with E-state index in [1.54, 1.807) is 12.1 Å². The average Bonchev–Trinajstić information content (AvgIpc) is 3.03. The summed E-state index contributed by atoms with van der Waals surface area (Å²) in [6.07, 6.45) is 1.46. The van der Waals surface area contributed by atoms with Crippen LogP contribution in [-0.4, -0.2) is 47.2 Å². The number of benzene rings is 1. The van der Waals surface area contributed by atoms with Gasteiger partial charge in [0.1, 0.15) is 5.82 Å². The number of sulfone groups is 1. The van der Waals surface area contributed by atoms with Crippen LogP contribution in [0, 0.1) is 11.7 Å². The van der Waals surface area contributed by atoms with Crippen LogP contribution in [0.25, 0.3) is 0 Å². The van der Waals surface area contributed by atoms with Gasteiger partial charge in [-0.15, -0.1) is 0 Å². The number of thioether (sulfide) groups is 1. The Labute approximate surface area is 158 Å². The van der Waals surface area contributed by atoms with Gasteiger partial charge in [0.05, 0.1) is 17.5 Å². The Morgan fingerprint density at radius 3 is 2.54 bits per heavy atom. The molecule has 142 valence electrons. The molecular formula is C18H23FN2O3S2. The third kappa shape index (κ3) is 4.11. The second kappa shape index (κ2) is 7.68. The number of aliphatic imine (C=N–C) groups is 1. The molecule has 26 heavy (non-hydrogen) atoms. The Morgan fingerprint density at radius 2 is 1.92 bits per heavy atom. The summed E-state index contributed by atoms with van der Waals surface area (Å²) in [4.78, 5) is 18.7. The number of halogens is 1. The zero-order chi connectivity index (χ0) is 18.9. The lowest BCUT2D eigenvalue weighted by atomic mass is 10.0. The summed E-state index contributed by atoms with van der Waals surface area (Å²) in [7, 11) is -3.08. The minimum absolute atomic E-state index is 0.0735. The molecule has 2 aliphatic heterocycles. The number of hydrogen-bond acceptors (Lipinski definition) is 4. The molecule has 3 rings (SSSR count). The topological polar surface area (TPSA) is 66.8 Å². The maximum Gasteiger partial charge on any atom is 0.251 e. The molecule has 2 heterocycles. The van der Waals surface area contributed by atoms with Gasteiger partial charge in [0.25, 0.3) is 5.91 Å². The van der Waals surface area contributed by atoms with Crippen LogP contribution in [0.15, 0.2) is 29.3 Å². The largest absolute Gasteiger partial charge is 0.342 e. The lowest BCUT2D eigenvalue weighted by molar-refractivity contribution is -0.121. The Kier molecular flexibility index (Phi) is 5.72. The van der Waals surface area contributed by atoms with Gasteiger partial charge in [-0.2, -0.15) is 4.99 Å². The lowest BCUT2D eigenvalue weighted by Crippen LogP contribution is -2.37. The first-order valence-corrected chi connectivity index (χ1v) is 11.5. The first-order valence-electron chi connectivity index (χ1n) is 8.83. The van der Waals surface area contributed by atoms with E-state index in [9.17, 15) is 17.6 Å². The fraction of sp³-hybridized carbons (Fsp3) is 0.556. The fourth-order valence-electron chi connectivity index (χ4n) is 3.43. The molecule has 0 radical (unpaired) electrons. The summed E-state index contributed by atoms with van der Waals surface area (Å²) in [5, 5.41) is 0.491. The van der Waals surface area contributed by atoms with E-state index in [1.807, 2.05) is 18.7 Å². The molecule has 2 saturated heterocycles. The molecule has 0 bridgehead atoms. The van der Waals surface area contributed by atoms with Crippen molar-refractivity contribution in [1.29, 1.82) is 0 Å². The Hall–Kier alpha value is -1.41. The van der Waals surface area contributed by atoms with E-state index in [0.717, 1.165) is 18.4 Å². The Bertz CT molecular complexity index is 804. The summed E-state index contributed by atoms with van der Waals surface area (Å²) in [6, 6.07) is 5.93. The minimum atomic E-state index is -3.08. The van der Waals surface area contributed by atoms with Crippen molar-refractivity contribution in [3.8, 4) is 0 Å². The molecule has 1 aromatic carbocycles. The summed E-state index contributed by atoms with van der Waals surface area (Å²) in [6.45, 7) is 4.34. The first kappa shape index (κ1) is 19.4. The van der Waals surface area contributed by atoms with Gasteiger partial charge in [0.15, 0.2) is 15.0 Å². The highest BCUT2D eigenvalue weighted by atomic mass is 32.2. The van der Waals surface area contributed by atoms with E-state index in [4.69, 9.17) is 0 Å². The van der Waals surface area contributed by atoms with Crippen LogP contribution in [0.4, 0.5) is 4.39 Å². The molecule has 5 nitrogen and oxygen atoms in total. The molecule has 0 aromatic heterocycles. The van der Waals surface area contributed by atoms with E-state index in [0.29, 0.717) is 11.7 Å². The third-order valence-corrected chi connectivity index (χ3v) is 8.23. The van der Waals surface area contributed by atoms with Crippen molar-refractivity contribution in [3.63, 3.8) is 0 Å². The van der Waals surface area contributed by atoms with Crippen LogP contribution in [0.3, 0.4) is 0 Å². The predicted molar refractivity (Wildman–Crippen MR) is 102 cm³/mol. The molecule has 2 fully saturated rings. The molecule has 0 N–H and O–H groups in total. The number of carbonyl (C=O) groups excluding carboxylic acids is 1. The average molecular weight is 399 g/mol. The summed E-state index contributed by atoms with van der Waals surface area (Å²) >= 11 is 1.38. The van der Waals surface area contributed by atoms with Crippen molar-refractivity contribution >= 4 is 32.7 Å².